The molecule has 56 heavy (non-hydrogen) atoms. The molecule has 0 aliphatic carbocycles. The molecule has 0 spiro atoms. The lowest BCUT2D eigenvalue weighted by Crippen LogP contribution is -2.33. The van der Waals surface area contributed by atoms with E-state index in [4.69, 9.17) is 8.39 Å². The average molecular weight is 758 g/mol. The molecule has 3 nitrogen and oxygen atoms in total. The van der Waals surface area contributed by atoms with E-state index in [9.17, 15) is 0 Å². The molecular weight excluding hydrogens is 721 g/mol. The lowest BCUT2D eigenvalue weighted by atomic mass is 9.90. The smallest absolute Gasteiger partial charge is 0.342 e. The highest BCUT2D eigenvalue weighted by Crippen LogP contribution is 2.54. The standard InChI is InChI=1S/C51H37NO2P2/c1-3-20-39(21-4-1)55(40-22-5-2-6-23-40)48-28-14-19-38-29-32-45(44-27-13-18-35-15-7-10-24-41(35)44)52(51(38)48)56-53-46-33-30-36-16-8-11-25-42(36)49(46)50-43-26-12-9-17-37(43)31-34-47(50)54-56/h1-28,30-31,33-34,45H,29,32H2/t45-/m0/s1. The first-order valence-corrected chi connectivity index (χ1v) is 21.8. The van der Waals surface area contributed by atoms with Gasteiger partial charge in [0.25, 0.3) is 0 Å². The Bertz CT molecular complexity index is 2980. The summed E-state index contributed by atoms with van der Waals surface area (Å²) in [5.74, 6) is 0. The lowest BCUT2D eigenvalue weighted by Gasteiger charge is -2.39. The molecule has 0 saturated carbocycles. The van der Waals surface area contributed by atoms with Crippen LogP contribution >= 0.6 is 16.1 Å². The maximum Gasteiger partial charge on any atom is 0.342 e. The third-order valence-corrected chi connectivity index (χ3v) is 15.3. The molecule has 0 radical (unpaired) electrons. The van der Waals surface area contributed by atoms with Gasteiger partial charge in [0.05, 0.1) is 11.7 Å². The lowest BCUT2D eigenvalue weighted by molar-refractivity contribution is 0.579. The summed E-state index contributed by atoms with van der Waals surface area (Å²) in [4.78, 5) is 0. The van der Waals surface area contributed by atoms with Gasteiger partial charge in [0.1, 0.15) is 11.2 Å². The van der Waals surface area contributed by atoms with Gasteiger partial charge in [-0.2, -0.15) is 0 Å². The Morgan fingerprint density at radius 3 is 1.57 bits per heavy atom. The van der Waals surface area contributed by atoms with Crippen LogP contribution in [0.15, 0.2) is 203 Å². The summed E-state index contributed by atoms with van der Waals surface area (Å²) >= 11 is 0. The molecule has 1 aromatic heterocycles. The van der Waals surface area contributed by atoms with Crippen LogP contribution in [0.25, 0.3) is 54.3 Å². The number of para-hydroxylation sites is 1. The summed E-state index contributed by atoms with van der Waals surface area (Å²) in [7, 11) is -2.67. The van der Waals surface area contributed by atoms with E-state index in [-0.39, 0.29) is 6.04 Å². The summed E-state index contributed by atoms with van der Waals surface area (Å²) in [5.41, 5.74) is 5.55. The van der Waals surface area contributed by atoms with Crippen LogP contribution in [0.3, 0.4) is 0 Å². The molecule has 268 valence electrons. The summed E-state index contributed by atoms with van der Waals surface area (Å²) < 4.78 is 17.5. The minimum absolute atomic E-state index is 0.00447. The van der Waals surface area contributed by atoms with Crippen LogP contribution in [0.5, 0.6) is 0 Å². The maximum absolute atomic E-state index is 7.48. The average Bonchev–Trinajstić information content (AvgIpc) is 3.44. The Hall–Kier alpha value is -6.11. The number of nitrogens with zero attached hydrogens (tertiary/aromatic N) is 1. The van der Waals surface area contributed by atoms with Gasteiger partial charge in [0.2, 0.25) is 0 Å². The van der Waals surface area contributed by atoms with Gasteiger partial charge in [-0.3, -0.25) is 4.67 Å². The van der Waals surface area contributed by atoms with Crippen LogP contribution in [0.4, 0.5) is 5.69 Å². The first-order chi connectivity index (χ1) is 27.8. The molecule has 2 heterocycles. The van der Waals surface area contributed by atoms with Crippen LogP contribution in [-0.4, -0.2) is 0 Å². The predicted octanol–water partition coefficient (Wildman–Crippen LogP) is 13.5. The topological polar surface area (TPSA) is 29.5 Å². The van der Waals surface area contributed by atoms with E-state index in [0.29, 0.717) is 0 Å². The third kappa shape index (κ3) is 5.54. The molecule has 0 N–H and O–H groups in total. The Morgan fingerprint density at radius 2 is 0.964 bits per heavy atom. The van der Waals surface area contributed by atoms with E-state index < -0.39 is 16.1 Å². The minimum Gasteiger partial charge on any atom is -0.404 e. The quantitative estimate of drug-likeness (QED) is 0.164. The molecule has 10 aromatic rings. The molecule has 11 rings (SSSR count). The first-order valence-electron chi connectivity index (χ1n) is 19.3. The largest absolute Gasteiger partial charge is 0.404 e. The first kappa shape index (κ1) is 33.2. The van der Waals surface area contributed by atoms with Crippen molar-refractivity contribution in [2.45, 2.75) is 18.9 Å². The number of anilines is 1. The molecule has 0 fully saturated rings. The Balaban J connectivity index is 1.27. The zero-order valence-corrected chi connectivity index (χ0v) is 32.4. The number of fused-ring (bicyclic) bond motifs is 9. The molecule has 0 bridgehead atoms. The molecule has 1 aliphatic rings. The Kier molecular flexibility index (Phi) is 8.24. The second-order valence-corrected chi connectivity index (χ2v) is 18.0. The monoisotopic (exact) mass is 757 g/mol. The van der Waals surface area contributed by atoms with Crippen molar-refractivity contribution < 1.29 is 8.39 Å². The highest BCUT2D eigenvalue weighted by molar-refractivity contribution is 7.80. The van der Waals surface area contributed by atoms with Gasteiger partial charge < -0.3 is 8.39 Å². The number of benzene rings is 9. The van der Waals surface area contributed by atoms with Crippen molar-refractivity contribution in [3.8, 4) is 0 Å². The van der Waals surface area contributed by atoms with Crippen molar-refractivity contribution in [1.82, 2.24) is 0 Å². The fourth-order valence-electron chi connectivity index (χ4n) is 8.85. The normalized spacial score (nSPS) is 14.2. The van der Waals surface area contributed by atoms with E-state index in [0.717, 1.165) is 45.6 Å². The Morgan fingerprint density at radius 1 is 0.464 bits per heavy atom. The molecule has 5 heteroatoms. The van der Waals surface area contributed by atoms with Gasteiger partial charge in [-0.1, -0.05) is 182 Å². The van der Waals surface area contributed by atoms with E-state index in [1.807, 2.05) is 0 Å². The van der Waals surface area contributed by atoms with Crippen LogP contribution in [0.1, 0.15) is 23.6 Å². The zero-order valence-electron chi connectivity index (χ0n) is 30.6. The fraction of sp³-hybridized carbons (Fsp3) is 0.0588. The molecule has 1 atom stereocenters. The predicted molar refractivity (Wildman–Crippen MR) is 239 cm³/mol. The van der Waals surface area contributed by atoms with Gasteiger partial charge in [-0.15, -0.1) is 0 Å². The summed E-state index contributed by atoms with van der Waals surface area (Å²) in [6.07, 6.45) is 1.88. The Labute approximate surface area is 327 Å². The number of rotatable bonds is 5. The minimum atomic E-state index is -1.74. The van der Waals surface area contributed by atoms with E-state index in [2.05, 4.69) is 199 Å². The maximum atomic E-state index is 7.48. The van der Waals surface area contributed by atoms with Crippen molar-refractivity contribution in [1.29, 1.82) is 0 Å². The molecular formula is C51H37NO2P2. The third-order valence-electron chi connectivity index (χ3n) is 11.3. The summed E-state index contributed by atoms with van der Waals surface area (Å²) in [6, 6.07) is 70.6. The van der Waals surface area contributed by atoms with Gasteiger partial charge in [-0.05, 0) is 86.9 Å². The summed E-state index contributed by atoms with van der Waals surface area (Å²) in [5, 5.41) is 13.3. The van der Waals surface area contributed by atoms with Crippen molar-refractivity contribution in [2.75, 3.05) is 4.67 Å². The van der Waals surface area contributed by atoms with Gasteiger partial charge in [0, 0.05) is 16.1 Å². The van der Waals surface area contributed by atoms with Gasteiger partial charge >= 0.3 is 8.16 Å². The molecule has 0 unspecified atom stereocenters. The summed E-state index contributed by atoms with van der Waals surface area (Å²) in [6.45, 7) is 0. The van der Waals surface area contributed by atoms with E-state index in [1.54, 1.807) is 0 Å². The molecule has 0 amide bonds. The van der Waals surface area contributed by atoms with E-state index >= 15 is 0 Å². The highest BCUT2D eigenvalue weighted by atomic mass is 31.1. The van der Waals surface area contributed by atoms with Crippen LogP contribution in [0, 0.1) is 0 Å². The molecule has 0 saturated heterocycles. The second-order valence-electron chi connectivity index (χ2n) is 14.5. The van der Waals surface area contributed by atoms with Gasteiger partial charge in [-0.25, -0.2) is 0 Å². The SMILES string of the molecule is c1ccc(P(c2ccccc2)c2cccc3c2N(p2oc4ccc5ccccc5c4c4c(ccc5ccccc54)o2)[C@H](c2cccc4ccccc24)CC3)cc1. The molecule has 1 aliphatic heterocycles. The van der Waals surface area contributed by atoms with Crippen molar-refractivity contribution in [3.05, 3.63) is 205 Å². The number of aryl methyl sites for hydroxylation is 1. The molecule has 9 aromatic carbocycles. The fourth-order valence-corrected chi connectivity index (χ4v) is 13.1. The van der Waals surface area contributed by atoms with Crippen LogP contribution in [-0.2, 0) is 6.42 Å². The second kappa shape index (κ2) is 13.9. The van der Waals surface area contributed by atoms with Crippen LogP contribution < -0.4 is 20.6 Å². The zero-order chi connectivity index (χ0) is 37.0. The number of hydrogen-bond donors (Lipinski definition) is 0. The number of hydrogen-bond acceptors (Lipinski definition) is 3. The highest BCUT2D eigenvalue weighted by Gasteiger charge is 2.37. The van der Waals surface area contributed by atoms with Crippen LogP contribution in [0.2, 0.25) is 0 Å². The van der Waals surface area contributed by atoms with Crippen molar-refractivity contribution in [3.63, 3.8) is 0 Å². The van der Waals surface area contributed by atoms with Crippen molar-refractivity contribution in [2.24, 2.45) is 0 Å². The van der Waals surface area contributed by atoms with Gasteiger partial charge in [0.15, 0.2) is 0 Å². The van der Waals surface area contributed by atoms with E-state index in [1.165, 1.54) is 54.3 Å². The van der Waals surface area contributed by atoms with Crippen molar-refractivity contribution >= 4 is 91.9 Å².